The topological polar surface area (TPSA) is 49.8 Å². The highest BCUT2D eigenvalue weighted by Crippen LogP contribution is 2.22. The zero-order valence-corrected chi connectivity index (χ0v) is 12.1. The summed E-state index contributed by atoms with van der Waals surface area (Å²) in [6.45, 7) is 0.596. The Morgan fingerprint density at radius 3 is 2.53 bits per heavy atom. The number of rotatable bonds is 4. The van der Waals surface area contributed by atoms with Crippen LogP contribution in [0.2, 0.25) is 0 Å². The van der Waals surface area contributed by atoms with Gasteiger partial charge >= 0.3 is 0 Å². The van der Waals surface area contributed by atoms with E-state index >= 15 is 0 Å². The van der Waals surface area contributed by atoms with Gasteiger partial charge in [-0.15, -0.1) is 0 Å². The van der Waals surface area contributed by atoms with E-state index in [9.17, 15) is 0 Å². The van der Waals surface area contributed by atoms with Crippen molar-refractivity contribution in [1.82, 2.24) is 0 Å². The Hall–Kier alpha value is -1.63. The van der Waals surface area contributed by atoms with Crippen LogP contribution in [-0.4, -0.2) is 6.54 Å². The summed E-state index contributed by atoms with van der Waals surface area (Å²) in [5, 5.41) is 8.92. The quantitative estimate of drug-likeness (QED) is 0.937. The summed E-state index contributed by atoms with van der Waals surface area (Å²) in [5.74, 6) is 0.280. The van der Waals surface area contributed by atoms with Crippen LogP contribution in [0, 0.1) is 11.3 Å². The van der Waals surface area contributed by atoms with E-state index in [1.165, 1.54) is 5.56 Å². The number of hydrogen-bond acceptors (Lipinski definition) is 2. The molecule has 0 bridgehead atoms. The zero-order chi connectivity index (χ0) is 13.7. The minimum absolute atomic E-state index is 0.280. The molecule has 0 heterocycles. The minimum atomic E-state index is 0.280. The molecule has 3 heteroatoms. The number of halogens is 1. The third-order valence-corrected chi connectivity index (χ3v) is 3.69. The first-order valence-electron chi connectivity index (χ1n) is 6.17. The highest BCUT2D eigenvalue weighted by Gasteiger charge is 2.10. The fourth-order valence-corrected chi connectivity index (χ4v) is 2.39. The number of nitrogens with zero attached hydrogens (tertiary/aromatic N) is 1. The van der Waals surface area contributed by atoms with Crippen LogP contribution in [0.5, 0.6) is 0 Å². The van der Waals surface area contributed by atoms with Gasteiger partial charge < -0.3 is 5.73 Å². The third kappa shape index (κ3) is 3.66. The number of hydrogen-bond donors (Lipinski definition) is 1. The third-order valence-electron chi connectivity index (χ3n) is 3.16. The van der Waals surface area contributed by atoms with Crippen LogP contribution in [0.4, 0.5) is 0 Å². The predicted octanol–water partition coefficient (Wildman–Crippen LogP) is 3.61. The molecular formula is C16H15BrN2. The van der Waals surface area contributed by atoms with E-state index in [2.05, 4.69) is 34.1 Å². The molecule has 0 aliphatic heterocycles. The van der Waals surface area contributed by atoms with E-state index in [1.54, 1.807) is 0 Å². The second-order valence-corrected chi connectivity index (χ2v) is 5.42. The normalized spacial score (nSPS) is 11.8. The maximum Gasteiger partial charge on any atom is 0.0991 e. The number of benzene rings is 2. The molecule has 2 aromatic carbocycles. The highest BCUT2D eigenvalue weighted by atomic mass is 79.9. The maximum absolute atomic E-state index is 8.92. The van der Waals surface area contributed by atoms with Crippen LogP contribution in [0.1, 0.15) is 22.6 Å². The first-order valence-corrected chi connectivity index (χ1v) is 6.97. The lowest BCUT2D eigenvalue weighted by Gasteiger charge is -2.15. The van der Waals surface area contributed by atoms with Crippen LogP contribution in [0.25, 0.3) is 0 Å². The van der Waals surface area contributed by atoms with Crippen LogP contribution in [-0.2, 0) is 6.42 Å². The largest absolute Gasteiger partial charge is 0.330 e. The Bertz CT molecular complexity index is 584. The van der Waals surface area contributed by atoms with Crippen molar-refractivity contribution < 1.29 is 0 Å². The zero-order valence-electron chi connectivity index (χ0n) is 10.5. The van der Waals surface area contributed by atoms with Gasteiger partial charge in [0.2, 0.25) is 0 Å². The maximum atomic E-state index is 8.92. The highest BCUT2D eigenvalue weighted by molar-refractivity contribution is 9.10. The summed E-state index contributed by atoms with van der Waals surface area (Å²) in [5.41, 5.74) is 8.96. The van der Waals surface area contributed by atoms with E-state index < -0.39 is 0 Å². The monoisotopic (exact) mass is 314 g/mol. The SMILES string of the molecule is N#Cc1cccc(CC(CN)c2ccc(Br)cc2)c1. The Labute approximate surface area is 122 Å². The molecule has 1 unspecified atom stereocenters. The van der Waals surface area contributed by atoms with Crippen LogP contribution < -0.4 is 5.73 Å². The predicted molar refractivity (Wildman–Crippen MR) is 80.8 cm³/mol. The molecule has 0 fully saturated rings. The van der Waals surface area contributed by atoms with E-state index in [-0.39, 0.29) is 5.92 Å². The van der Waals surface area contributed by atoms with E-state index in [0.717, 1.165) is 16.5 Å². The fourth-order valence-electron chi connectivity index (χ4n) is 2.12. The molecule has 0 aromatic heterocycles. The smallest absolute Gasteiger partial charge is 0.0991 e. The molecule has 2 nitrogen and oxygen atoms in total. The molecule has 96 valence electrons. The summed E-state index contributed by atoms with van der Waals surface area (Å²) in [6, 6.07) is 18.1. The van der Waals surface area contributed by atoms with Gasteiger partial charge in [0.1, 0.15) is 0 Å². The molecule has 0 spiro atoms. The first-order chi connectivity index (χ1) is 9.22. The van der Waals surface area contributed by atoms with Crippen molar-refractivity contribution in [1.29, 1.82) is 5.26 Å². The Morgan fingerprint density at radius 2 is 1.89 bits per heavy atom. The van der Waals surface area contributed by atoms with Crippen molar-refractivity contribution in [3.8, 4) is 6.07 Å². The van der Waals surface area contributed by atoms with Crippen molar-refractivity contribution in [2.75, 3.05) is 6.54 Å². The lowest BCUT2D eigenvalue weighted by atomic mass is 9.91. The molecule has 0 aliphatic carbocycles. The van der Waals surface area contributed by atoms with Crippen LogP contribution in [0.15, 0.2) is 53.0 Å². The summed E-state index contributed by atoms with van der Waals surface area (Å²) in [7, 11) is 0. The molecule has 0 radical (unpaired) electrons. The summed E-state index contributed by atoms with van der Waals surface area (Å²) < 4.78 is 1.07. The molecule has 0 saturated carbocycles. The molecule has 0 saturated heterocycles. The molecule has 19 heavy (non-hydrogen) atoms. The van der Waals surface area contributed by atoms with E-state index in [4.69, 9.17) is 11.0 Å². The summed E-state index contributed by atoms with van der Waals surface area (Å²) >= 11 is 3.43. The van der Waals surface area contributed by atoms with Crippen LogP contribution >= 0.6 is 15.9 Å². The van der Waals surface area contributed by atoms with Crippen LogP contribution in [0.3, 0.4) is 0 Å². The van der Waals surface area contributed by atoms with Gasteiger partial charge in [0, 0.05) is 10.4 Å². The number of nitriles is 1. The average Bonchev–Trinajstić information content (AvgIpc) is 2.46. The molecular weight excluding hydrogens is 300 g/mol. The van der Waals surface area contributed by atoms with Crippen molar-refractivity contribution in [3.05, 3.63) is 69.7 Å². The Morgan fingerprint density at radius 1 is 1.16 bits per heavy atom. The minimum Gasteiger partial charge on any atom is -0.330 e. The lowest BCUT2D eigenvalue weighted by Crippen LogP contribution is -2.15. The second-order valence-electron chi connectivity index (χ2n) is 4.50. The van der Waals surface area contributed by atoms with Gasteiger partial charge in [-0.05, 0) is 48.4 Å². The van der Waals surface area contributed by atoms with Crippen molar-refractivity contribution in [2.24, 2.45) is 5.73 Å². The summed E-state index contributed by atoms with van der Waals surface area (Å²) in [6.07, 6.45) is 0.855. The standard InChI is InChI=1S/C16H15BrN2/c17-16-6-4-14(5-7-16)15(11-19)9-12-2-1-3-13(8-12)10-18/h1-8,15H,9,11,19H2. The van der Waals surface area contributed by atoms with Gasteiger partial charge in [-0.3, -0.25) is 0 Å². The molecule has 1 atom stereocenters. The Kier molecular flexibility index (Phi) is 4.73. The second kappa shape index (κ2) is 6.51. The van der Waals surface area contributed by atoms with Gasteiger partial charge in [0.05, 0.1) is 11.6 Å². The van der Waals surface area contributed by atoms with Gasteiger partial charge in [-0.1, -0.05) is 40.2 Å². The summed E-state index contributed by atoms with van der Waals surface area (Å²) in [4.78, 5) is 0. The Balaban J connectivity index is 2.19. The van der Waals surface area contributed by atoms with Crippen molar-refractivity contribution in [2.45, 2.75) is 12.3 Å². The lowest BCUT2D eigenvalue weighted by molar-refractivity contribution is 0.694. The fraction of sp³-hybridized carbons (Fsp3) is 0.188. The first kappa shape index (κ1) is 13.8. The van der Waals surface area contributed by atoms with Gasteiger partial charge in [-0.25, -0.2) is 0 Å². The number of nitrogens with two attached hydrogens (primary N) is 1. The van der Waals surface area contributed by atoms with Crippen molar-refractivity contribution >= 4 is 15.9 Å². The molecule has 2 rings (SSSR count). The molecule has 2 N–H and O–H groups in total. The average molecular weight is 315 g/mol. The van der Waals surface area contributed by atoms with E-state index in [0.29, 0.717) is 12.1 Å². The molecule has 0 aliphatic rings. The van der Waals surface area contributed by atoms with E-state index in [1.807, 2.05) is 36.4 Å². The van der Waals surface area contributed by atoms with Gasteiger partial charge in [-0.2, -0.15) is 5.26 Å². The van der Waals surface area contributed by atoms with Crippen molar-refractivity contribution in [3.63, 3.8) is 0 Å². The van der Waals surface area contributed by atoms with Gasteiger partial charge in [0.25, 0.3) is 0 Å². The molecule has 0 amide bonds. The molecule has 2 aromatic rings. The van der Waals surface area contributed by atoms with Gasteiger partial charge in [0.15, 0.2) is 0 Å².